The van der Waals surface area contributed by atoms with Gasteiger partial charge in [0, 0.05) is 11.7 Å². The van der Waals surface area contributed by atoms with Crippen LogP contribution in [0.2, 0.25) is 0 Å². The molecule has 1 aliphatic carbocycles. The molecule has 2 atom stereocenters. The molecule has 0 radical (unpaired) electrons. The van der Waals surface area contributed by atoms with Crippen molar-refractivity contribution in [3.05, 3.63) is 18.2 Å². The van der Waals surface area contributed by atoms with Crippen molar-refractivity contribution in [1.82, 2.24) is 5.32 Å². The van der Waals surface area contributed by atoms with Crippen molar-refractivity contribution in [2.45, 2.75) is 70.6 Å². The largest absolute Gasteiger partial charge is 0.479 e. The molecule has 136 valence electrons. The highest BCUT2D eigenvalue weighted by atomic mass is 16.5. The molecule has 1 heterocycles. The van der Waals surface area contributed by atoms with E-state index in [1.165, 1.54) is 25.7 Å². The van der Waals surface area contributed by atoms with Crippen molar-refractivity contribution < 1.29 is 14.3 Å². The Balaban J connectivity index is 1.59. The molecular formula is C19H27N3O3. The first kappa shape index (κ1) is 17.6. The summed E-state index contributed by atoms with van der Waals surface area (Å²) >= 11 is 0. The van der Waals surface area contributed by atoms with Gasteiger partial charge in [-0.25, -0.2) is 0 Å². The maximum atomic E-state index is 12.4. The number of hydrogen-bond donors (Lipinski definition) is 3. The number of carbonyl (C=O) groups is 2. The summed E-state index contributed by atoms with van der Waals surface area (Å²) in [6.45, 7) is 3.56. The summed E-state index contributed by atoms with van der Waals surface area (Å²) in [5.74, 6) is 0.496. The van der Waals surface area contributed by atoms with E-state index >= 15 is 0 Å². The number of benzene rings is 1. The van der Waals surface area contributed by atoms with E-state index in [0.717, 1.165) is 18.5 Å². The van der Waals surface area contributed by atoms with E-state index in [1.807, 2.05) is 19.1 Å². The number of fused-ring (bicyclic) bond motifs is 1. The number of anilines is 2. The molecule has 0 unspecified atom stereocenters. The second-order valence-corrected chi connectivity index (χ2v) is 7.02. The molecular weight excluding hydrogens is 318 g/mol. The number of carbonyl (C=O) groups excluding carboxylic acids is 2. The zero-order valence-electron chi connectivity index (χ0n) is 14.9. The van der Waals surface area contributed by atoms with Crippen molar-refractivity contribution in [3.8, 4) is 5.75 Å². The summed E-state index contributed by atoms with van der Waals surface area (Å²) in [6.07, 6.45) is 6.56. The highest BCUT2D eigenvalue weighted by Crippen LogP contribution is 2.32. The van der Waals surface area contributed by atoms with E-state index in [0.29, 0.717) is 11.4 Å². The zero-order valence-corrected chi connectivity index (χ0v) is 14.9. The Morgan fingerprint density at radius 2 is 1.96 bits per heavy atom. The van der Waals surface area contributed by atoms with Gasteiger partial charge < -0.3 is 20.7 Å². The lowest BCUT2D eigenvalue weighted by atomic mass is 10.1. The van der Waals surface area contributed by atoms with Gasteiger partial charge in [0.15, 0.2) is 6.10 Å². The normalized spacial score (nSPS) is 22.0. The fourth-order valence-corrected chi connectivity index (χ4v) is 3.36. The Bertz CT molecular complexity index is 639. The summed E-state index contributed by atoms with van der Waals surface area (Å²) in [5.41, 5.74) is 1.41. The number of amides is 2. The van der Waals surface area contributed by atoms with Crippen molar-refractivity contribution in [3.63, 3.8) is 0 Å². The number of hydrogen-bond acceptors (Lipinski definition) is 4. The topological polar surface area (TPSA) is 79.5 Å². The van der Waals surface area contributed by atoms with Crippen LogP contribution < -0.4 is 20.7 Å². The highest BCUT2D eigenvalue weighted by Gasteiger charge is 2.24. The van der Waals surface area contributed by atoms with Crippen LogP contribution in [0.4, 0.5) is 11.4 Å². The second kappa shape index (κ2) is 7.76. The minimum Gasteiger partial charge on any atom is -0.479 e. The predicted molar refractivity (Wildman–Crippen MR) is 97.9 cm³/mol. The van der Waals surface area contributed by atoms with Crippen LogP contribution in [0, 0.1) is 0 Å². The van der Waals surface area contributed by atoms with Crippen LogP contribution in [0.1, 0.15) is 52.4 Å². The average Bonchev–Trinajstić information content (AvgIpc) is 2.85. The molecule has 1 aliphatic heterocycles. The summed E-state index contributed by atoms with van der Waals surface area (Å²) < 4.78 is 5.54. The Labute approximate surface area is 148 Å². The quantitative estimate of drug-likeness (QED) is 0.733. The van der Waals surface area contributed by atoms with Crippen molar-refractivity contribution >= 4 is 23.2 Å². The third kappa shape index (κ3) is 4.44. The molecule has 1 aromatic rings. The molecule has 0 bridgehead atoms. The van der Waals surface area contributed by atoms with Gasteiger partial charge in [0.25, 0.3) is 5.91 Å². The molecule has 3 rings (SSSR count). The van der Waals surface area contributed by atoms with Crippen molar-refractivity contribution in [2.24, 2.45) is 0 Å². The molecule has 1 fully saturated rings. The predicted octanol–water partition coefficient (Wildman–Crippen LogP) is 3.05. The lowest BCUT2D eigenvalue weighted by molar-refractivity contribution is -0.123. The lowest BCUT2D eigenvalue weighted by Gasteiger charge is -2.25. The lowest BCUT2D eigenvalue weighted by Crippen LogP contribution is -2.43. The van der Waals surface area contributed by atoms with Gasteiger partial charge in [0.2, 0.25) is 5.91 Å². The average molecular weight is 345 g/mol. The summed E-state index contributed by atoms with van der Waals surface area (Å²) in [6, 6.07) is 5.41. The number of nitrogens with one attached hydrogen (secondary N) is 3. The van der Waals surface area contributed by atoms with Crippen LogP contribution in [0.15, 0.2) is 18.2 Å². The van der Waals surface area contributed by atoms with E-state index < -0.39 is 6.10 Å². The first-order chi connectivity index (χ1) is 12.0. The Kier molecular flexibility index (Phi) is 5.46. The Hall–Kier alpha value is -2.24. The smallest absolute Gasteiger partial charge is 0.265 e. The van der Waals surface area contributed by atoms with E-state index in [4.69, 9.17) is 4.74 Å². The molecule has 6 heteroatoms. The monoisotopic (exact) mass is 345 g/mol. The van der Waals surface area contributed by atoms with E-state index in [9.17, 15) is 9.59 Å². The molecule has 2 amide bonds. The summed E-state index contributed by atoms with van der Waals surface area (Å²) in [4.78, 5) is 24.2. The molecule has 0 saturated heterocycles. The summed E-state index contributed by atoms with van der Waals surface area (Å²) in [7, 11) is 0. The SMILES string of the molecule is C[C@H](Nc1ccc2c(c1)NC(=O)[C@@H](C)O2)C(=O)NC1CCCCCC1. The Morgan fingerprint density at radius 1 is 1.24 bits per heavy atom. The van der Waals surface area contributed by atoms with Gasteiger partial charge in [-0.1, -0.05) is 25.7 Å². The van der Waals surface area contributed by atoms with Crippen LogP contribution in [-0.4, -0.2) is 30.0 Å². The first-order valence-corrected chi connectivity index (χ1v) is 9.21. The van der Waals surface area contributed by atoms with Gasteiger partial charge in [0.1, 0.15) is 11.8 Å². The Morgan fingerprint density at radius 3 is 2.68 bits per heavy atom. The molecule has 0 spiro atoms. The van der Waals surface area contributed by atoms with Crippen LogP contribution >= 0.6 is 0 Å². The van der Waals surface area contributed by atoms with Gasteiger partial charge in [-0.05, 0) is 44.9 Å². The second-order valence-electron chi connectivity index (χ2n) is 7.02. The molecule has 1 saturated carbocycles. The molecule has 25 heavy (non-hydrogen) atoms. The molecule has 6 nitrogen and oxygen atoms in total. The third-order valence-electron chi connectivity index (χ3n) is 4.89. The fraction of sp³-hybridized carbons (Fsp3) is 0.579. The summed E-state index contributed by atoms with van der Waals surface area (Å²) in [5, 5.41) is 9.18. The third-order valence-corrected chi connectivity index (χ3v) is 4.89. The minimum atomic E-state index is -0.490. The molecule has 3 N–H and O–H groups in total. The van der Waals surface area contributed by atoms with E-state index in [2.05, 4.69) is 16.0 Å². The van der Waals surface area contributed by atoms with Gasteiger partial charge >= 0.3 is 0 Å². The highest BCUT2D eigenvalue weighted by molar-refractivity contribution is 5.98. The van der Waals surface area contributed by atoms with Crippen LogP contribution in [-0.2, 0) is 9.59 Å². The van der Waals surface area contributed by atoms with Gasteiger partial charge in [0.05, 0.1) is 5.69 Å². The number of rotatable bonds is 4. The maximum absolute atomic E-state index is 12.4. The van der Waals surface area contributed by atoms with Gasteiger partial charge in [-0.15, -0.1) is 0 Å². The van der Waals surface area contributed by atoms with Gasteiger partial charge in [-0.3, -0.25) is 9.59 Å². The van der Waals surface area contributed by atoms with Crippen LogP contribution in [0.3, 0.4) is 0 Å². The first-order valence-electron chi connectivity index (χ1n) is 9.21. The van der Waals surface area contributed by atoms with Gasteiger partial charge in [-0.2, -0.15) is 0 Å². The minimum absolute atomic E-state index is 0.0125. The molecule has 2 aliphatic rings. The van der Waals surface area contributed by atoms with Crippen LogP contribution in [0.5, 0.6) is 5.75 Å². The fourth-order valence-electron chi connectivity index (χ4n) is 3.36. The van der Waals surface area contributed by atoms with E-state index in [1.54, 1.807) is 13.0 Å². The zero-order chi connectivity index (χ0) is 17.8. The maximum Gasteiger partial charge on any atom is 0.265 e. The van der Waals surface area contributed by atoms with Crippen LogP contribution in [0.25, 0.3) is 0 Å². The van der Waals surface area contributed by atoms with Crippen molar-refractivity contribution in [2.75, 3.05) is 10.6 Å². The van der Waals surface area contributed by atoms with Crippen molar-refractivity contribution in [1.29, 1.82) is 0 Å². The number of ether oxygens (including phenoxy) is 1. The molecule has 0 aromatic heterocycles. The standard InChI is InChI=1S/C19H27N3O3/c1-12(18(23)21-14-7-5-3-4-6-8-14)20-15-9-10-17-16(11-15)22-19(24)13(2)25-17/h9-14,20H,3-8H2,1-2H3,(H,21,23)(H,22,24)/t12-,13+/m0/s1. The van der Waals surface area contributed by atoms with E-state index in [-0.39, 0.29) is 23.9 Å². The molecule has 1 aromatic carbocycles.